The van der Waals surface area contributed by atoms with Gasteiger partial charge in [0.15, 0.2) is 0 Å². The molecule has 0 bridgehead atoms. The van der Waals surface area contributed by atoms with Crippen LogP contribution in [0.3, 0.4) is 0 Å². The number of nitrogens with zero attached hydrogens (tertiary/aromatic N) is 3. The second kappa shape index (κ2) is 13.0. The molecule has 12 heteroatoms. The van der Waals surface area contributed by atoms with Gasteiger partial charge in [-0.25, -0.2) is 9.69 Å². The lowest BCUT2D eigenvalue weighted by Gasteiger charge is -2.31. The van der Waals surface area contributed by atoms with Crippen molar-refractivity contribution in [1.29, 1.82) is 0 Å². The van der Waals surface area contributed by atoms with E-state index in [4.69, 9.17) is 4.74 Å². The Kier molecular flexibility index (Phi) is 8.59. The molecule has 49 heavy (non-hydrogen) atoms. The molecule has 5 aromatic rings. The van der Waals surface area contributed by atoms with E-state index in [2.05, 4.69) is 5.32 Å². The van der Waals surface area contributed by atoms with Crippen LogP contribution < -0.4 is 20.0 Å². The molecule has 0 radical (unpaired) electrons. The van der Waals surface area contributed by atoms with Gasteiger partial charge in [0.05, 0.1) is 28.8 Å². The zero-order chi connectivity index (χ0) is 34.4. The summed E-state index contributed by atoms with van der Waals surface area (Å²) in [6.45, 7) is 1.68. The van der Waals surface area contributed by atoms with Gasteiger partial charge >= 0.3 is 10.8 Å². The first kappa shape index (κ1) is 32.4. The highest BCUT2D eigenvalue weighted by Gasteiger charge is 2.56. The van der Waals surface area contributed by atoms with Gasteiger partial charge in [0.1, 0.15) is 11.8 Å². The molecule has 0 unspecified atom stereocenters. The maximum absolute atomic E-state index is 14.3. The smallest absolute Gasteiger partial charge is 0.338 e. The Morgan fingerprint density at radius 1 is 0.878 bits per heavy atom. The summed E-state index contributed by atoms with van der Waals surface area (Å²) in [6, 6.07) is 27.3. The average Bonchev–Trinajstić information content (AvgIpc) is 3.54. The number of fused-ring (bicyclic) bond motifs is 3. The molecule has 3 amide bonds. The van der Waals surface area contributed by atoms with Gasteiger partial charge < -0.3 is 15.0 Å². The van der Waals surface area contributed by atoms with Crippen LogP contribution in [-0.4, -0.2) is 54.2 Å². The predicted octanol–water partition coefficient (Wildman–Crippen LogP) is 5.74. The molecule has 2 aliphatic heterocycles. The van der Waals surface area contributed by atoms with E-state index in [-0.39, 0.29) is 29.8 Å². The first-order valence-electron chi connectivity index (χ1n) is 15.8. The Bertz CT molecular complexity index is 2170. The summed E-state index contributed by atoms with van der Waals surface area (Å²) in [4.78, 5) is 71.1. The van der Waals surface area contributed by atoms with Crippen molar-refractivity contribution in [2.75, 3.05) is 35.8 Å². The van der Waals surface area contributed by atoms with E-state index >= 15 is 0 Å². The second-order valence-electron chi connectivity index (χ2n) is 12.0. The molecule has 1 fully saturated rings. The van der Waals surface area contributed by atoms with E-state index in [1.165, 1.54) is 21.6 Å². The van der Waals surface area contributed by atoms with Gasteiger partial charge in [-0.2, -0.15) is 0 Å². The highest BCUT2D eigenvalue weighted by Crippen LogP contribution is 2.54. The van der Waals surface area contributed by atoms with Crippen LogP contribution in [0, 0.1) is 5.92 Å². The molecule has 3 heterocycles. The lowest BCUT2D eigenvalue weighted by atomic mass is 9.83. The summed E-state index contributed by atoms with van der Waals surface area (Å²) < 4.78 is 6.49. The van der Waals surface area contributed by atoms with E-state index in [0.717, 1.165) is 45.1 Å². The van der Waals surface area contributed by atoms with Gasteiger partial charge in [0, 0.05) is 41.7 Å². The third-order valence-corrected chi connectivity index (χ3v) is 11.4. The van der Waals surface area contributed by atoms with Crippen LogP contribution >= 0.6 is 23.1 Å². The molecule has 1 aromatic heterocycles. The number of hydrogen-bond donors (Lipinski definition) is 1. The van der Waals surface area contributed by atoms with Crippen molar-refractivity contribution in [3.05, 3.63) is 117 Å². The molecule has 7 rings (SSSR count). The molecule has 0 aliphatic carbocycles. The maximum atomic E-state index is 14.3. The van der Waals surface area contributed by atoms with Crippen LogP contribution in [0.25, 0.3) is 10.8 Å². The summed E-state index contributed by atoms with van der Waals surface area (Å²) in [6.07, 6.45) is 0. The summed E-state index contributed by atoms with van der Waals surface area (Å²) in [7, 11) is 3.86. The molecule has 10 nitrogen and oxygen atoms in total. The number of benzene rings is 4. The van der Waals surface area contributed by atoms with Crippen LogP contribution in [0.2, 0.25) is 0 Å². The lowest BCUT2D eigenvalue weighted by molar-refractivity contribution is -0.122. The van der Waals surface area contributed by atoms with E-state index in [1.807, 2.05) is 85.7 Å². The summed E-state index contributed by atoms with van der Waals surface area (Å²) in [5, 5.41) is 4.47. The van der Waals surface area contributed by atoms with Crippen molar-refractivity contribution in [3.63, 3.8) is 0 Å². The number of carbonyl (C=O) groups excluding carboxylic acids is 4. The number of thiazole rings is 1. The number of imide groups is 1. The first-order chi connectivity index (χ1) is 23.7. The molecular weight excluding hydrogens is 661 g/mol. The monoisotopic (exact) mass is 692 g/mol. The Balaban J connectivity index is 1.25. The van der Waals surface area contributed by atoms with E-state index in [9.17, 15) is 24.0 Å². The molecule has 3 atom stereocenters. The van der Waals surface area contributed by atoms with Gasteiger partial charge in [-0.1, -0.05) is 71.6 Å². The third-order valence-electron chi connectivity index (χ3n) is 8.82. The Morgan fingerprint density at radius 3 is 2.31 bits per heavy atom. The van der Waals surface area contributed by atoms with Gasteiger partial charge in [0.2, 0.25) is 17.7 Å². The van der Waals surface area contributed by atoms with E-state index in [0.29, 0.717) is 26.8 Å². The normalized spacial score (nSPS) is 18.3. The molecule has 248 valence electrons. The average molecular weight is 693 g/mol. The van der Waals surface area contributed by atoms with Crippen molar-refractivity contribution in [3.8, 4) is 0 Å². The van der Waals surface area contributed by atoms with Crippen molar-refractivity contribution >= 4 is 74.6 Å². The number of anilines is 3. The number of rotatable bonds is 8. The quantitative estimate of drug-likeness (QED) is 0.162. The highest BCUT2D eigenvalue weighted by atomic mass is 32.2. The number of thioether (sulfide) groups is 1. The van der Waals surface area contributed by atoms with E-state index in [1.54, 1.807) is 19.1 Å². The number of nitrogens with one attached hydrogen (secondary N) is 1. The standard InChI is InChI=1S/C37H32N4O6S2/c1-4-47-36(45)23-14-18-25(19-15-23)41-33(43)30-29(22-12-16-24(17-13-22)39(2)3)32-35(48-31(30)34(41)44)40(37(46)49-32)20-28(42)38-27-11-7-9-21-8-5-6-10-26(21)27/h5-19,29-31H,4,20H2,1-3H3,(H,38,42)/t29-,30-,31+/m0/s1. The van der Waals surface area contributed by atoms with Gasteiger partial charge in [-0.15, -0.1) is 0 Å². The van der Waals surface area contributed by atoms with Crippen LogP contribution in [-0.2, 0) is 25.7 Å². The minimum absolute atomic E-state index is 0.223. The fourth-order valence-corrected chi connectivity index (χ4v) is 9.25. The van der Waals surface area contributed by atoms with Crippen molar-refractivity contribution in [1.82, 2.24) is 4.57 Å². The highest BCUT2D eigenvalue weighted by molar-refractivity contribution is 8.00. The fourth-order valence-electron chi connectivity index (χ4n) is 6.48. The molecule has 1 saturated heterocycles. The fraction of sp³-hybridized carbons (Fsp3) is 0.216. The number of hydrogen-bond acceptors (Lipinski definition) is 9. The summed E-state index contributed by atoms with van der Waals surface area (Å²) >= 11 is 2.16. The van der Waals surface area contributed by atoms with Crippen molar-refractivity contribution < 1.29 is 23.9 Å². The van der Waals surface area contributed by atoms with Crippen LogP contribution in [0.5, 0.6) is 0 Å². The second-order valence-corrected chi connectivity index (χ2v) is 14.1. The van der Waals surface area contributed by atoms with Crippen molar-refractivity contribution in [2.24, 2.45) is 5.92 Å². The lowest BCUT2D eigenvalue weighted by Crippen LogP contribution is -2.33. The van der Waals surface area contributed by atoms with Crippen LogP contribution in [0.15, 0.2) is 101 Å². The van der Waals surface area contributed by atoms with E-state index < -0.39 is 29.0 Å². The summed E-state index contributed by atoms with van der Waals surface area (Å²) in [5.41, 5.74) is 3.03. The first-order valence-corrected chi connectivity index (χ1v) is 17.5. The molecule has 0 spiro atoms. The largest absolute Gasteiger partial charge is 0.462 e. The number of carbonyl (C=O) groups is 4. The topological polar surface area (TPSA) is 118 Å². The molecule has 2 aliphatic rings. The number of ether oxygens (including phenoxy) is 1. The van der Waals surface area contributed by atoms with Crippen LogP contribution in [0.4, 0.5) is 17.1 Å². The Morgan fingerprint density at radius 2 is 1.59 bits per heavy atom. The minimum atomic E-state index is -0.843. The number of aromatic nitrogens is 1. The van der Waals surface area contributed by atoms with Gasteiger partial charge in [0.25, 0.3) is 0 Å². The Labute approximate surface area is 290 Å². The number of esters is 1. The third kappa shape index (κ3) is 5.80. The Hall–Kier alpha value is -5.20. The van der Waals surface area contributed by atoms with Gasteiger partial charge in [-0.05, 0) is 60.3 Å². The zero-order valence-corrected chi connectivity index (χ0v) is 28.5. The molecular formula is C37H32N4O6S2. The SMILES string of the molecule is CCOC(=O)c1ccc(N2C(=O)[C@H]3[C@H](c4ccc(N(C)C)cc4)c4sc(=O)n(CC(=O)Nc5cccc6ccccc56)c4S[C@H]3C2=O)cc1. The zero-order valence-electron chi connectivity index (χ0n) is 26.9. The van der Waals surface area contributed by atoms with Gasteiger partial charge in [-0.3, -0.25) is 23.7 Å². The van der Waals surface area contributed by atoms with Crippen LogP contribution in [0.1, 0.15) is 33.6 Å². The molecule has 0 saturated carbocycles. The molecule has 4 aromatic carbocycles. The maximum Gasteiger partial charge on any atom is 0.338 e. The minimum Gasteiger partial charge on any atom is -0.462 e. The molecule has 1 N–H and O–H groups in total. The van der Waals surface area contributed by atoms with Crippen molar-refractivity contribution in [2.45, 2.75) is 29.7 Å². The predicted molar refractivity (Wildman–Crippen MR) is 192 cm³/mol. The number of amides is 3. The summed E-state index contributed by atoms with van der Waals surface area (Å²) in [5.74, 6) is -3.08.